The van der Waals surface area contributed by atoms with Crippen LogP contribution in [0.15, 0.2) is 136 Å². The van der Waals surface area contributed by atoms with Gasteiger partial charge in [-0.3, -0.25) is 14.8 Å². The van der Waals surface area contributed by atoms with E-state index in [4.69, 9.17) is 23.2 Å². The molecule has 4 aromatic carbocycles. The second-order valence-corrected chi connectivity index (χ2v) is 18.0. The quantitative estimate of drug-likeness (QED) is 0.0587. The Morgan fingerprint density at radius 2 is 1.47 bits per heavy atom. The maximum atomic E-state index is 13.3. The van der Waals surface area contributed by atoms with Crippen molar-refractivity contribution >= 4 is 85.2 Å². The third-order valence-electron chi connectivity index (χ3n) is 10.3. The Morgan fingerprint density at radius 3 is 2.06 bits per heavy atom. The first-order valence-electron chi connectivity index (χ1n) is 21.7. The summed E-state index contributed by atoms with van der Waals surface area (Å²) in [5.41, 5.74) is 4.85. The number of carboxylic acid groups (broad SMARTS) is 1. The number of nitro benzene ring substituents is 1. The number of anilines is 4. The van der Waals surface area contributed by atoms with E-state index in [1.54, 1.807) is 31.3 Å². The van der Waals surface area contributed by atoms with Gasteiger partial charge in [-0.15, -0.1) is 0 Å². The van der Waals surface area contributed by atoms with Gasteiger partial charge in [-0.25, -0.2) is 13.2 Å². The van der Waals surface area contributed by atoms with E-state index >= 15 is 0 Å². The molecule has 1 aliphatic carbocycles. The zero-order valence-corrected chi connectivity index (χ0v) is 41.7. The number of hydrogen-bond donors (Lipinski definition) is 3. The van der Waals surface area contributed by atoms with Crippen molar-refractivity contribution in [1.29, 1.82) is 0 Å². The molecular formula is C49H59Cl2N7O6S2. The first-order chi connectivity index (χ1) is 31.7. The molecule has 17 heteroatoms. The fraction of sp³-hybridized carbons (Fsp3) is 0.286. The van der Waals surface area contributed by atoms with E-state index < -0.39 is 20.9 Å². The Labute approximate surface area is 403 Å². The molecule has 0 unspecified atom stereocenters. The molecule has 0 spiro atoms. The second kappa shape index (κ2) is 25.3. The molecule has 2 heterocycles. The van der Waals surface area contributed by atoms with Crippen molar-refractivity contribution in [2.75, 3.05) is 66.1 Å². The molecule has 7 rings (SSSR count). The molecule has 2 aliphatic rings. The first kappa shape index (κ1) is 52.9. The highest BCUT2D eigenvalue weighted by Gasteiger charge is 2.29. The maximum Gasteiger partial charge on any atom is 0.353 e. The zero-order chi connectivity index (χ0) is 48.6. The van der Waals surface area contributed by atoms with Crippen molar-refractivity contribution < 1.29 is 23.2 Å². The Morgan fingerprint density at radius 1 is 0.848 bits per heavy atom. The van der Waals surface area contributed by atoms with E-state index in [1.807, 2.05) is 107 Å². The molecule has 0 amide bonds. The maximum absolute atomic E-state index is 13.3. The van der Waals surface area contributed by atoms with Crippen molar-refractivity contribution in [2.24, 2.45) is 7.05 Å². The average molecular weight is 977 g/mol. The third kappa shape index (κ3) is 13.7. The Bertz CT molecular complexity index is 2630. The lowest BCUT2D eigenvalue weighted by atomic mass is 9.94. The van der Waals surface area contributed by atoms with Crippen LogP contribution in [0.5, 0.6) is 0 Å². The van der Waals surface area contributed by atoms with Crippen LogP contribution in [0.3, 0.4) is 0 Å². The molecule has 13 nitrogen and oxygen atoms in total. The minimum Gasteiger partial charge on any atom is -0.477 e. The highest BCUT2D eigenvalue weighted by atomic mass is 35.5. The number of allylic oxidation sites excluding steroid dienone is 6. The number of aromatic carboxylic acids is 1. The lowest BCUT2D eigenvalue weighted by Gasteiger charge is -2.37. The van der Waals surface area contributed by atoms with Gasteiger partial charge in [-0.2, -0.15) is 0 Å². The van der Waals surface area contributed by atoms with Crippen molar-refractivity contribution in [3.8, 4) is 11.1 Å². The number of nitrogens with one attached hydrogen (secondary N) is 2. The lowest BCUT2D eigenvalue weighted by molar-refractivity contribution is -0.384. The predicted molar refractivity (Wildman–Crippen MR) is 276 cm³/mol. The monoisotopic (exact) mass is 975 g/mol. The number of hydrogen-bond acceptors (Lipinski definition) is 10. The summed E-state index contributed by atoms with van der Waals surface area (Å²) in [5.74, 6) is -1.08. The summed E-state index contributed by atoms with van der Waals surface area (Å²) in [5, 5.41) is 23.0. The molecule has 1 fully saturated rings. The van der Waals surface area contributed by atoms with E-state index in [0.717, 1.165) is 40.0 Å². The predicted octanol–water partition coefficient (Wildman–Crippen LogP) is 12.3. The van der Waals surface area contributed by atoms with Gasteiger partial charge in [-0.1, -0.05) is 100 Å². The minimum atomic E-state index is -4.14. The molecule has 3 N–H and O–H groups in total. The van der Waals surface area contributed by atoms with Crippen LogP contribution < -0.4 is 19.2 Å². The van der Waals surface area contributed by atoms with Gasteiger partial charge < -0.3 is 29.1 Å². The summed E-state index contributed by atoms with van der Waals surface area (Å²) in [6.45, 7) is 14.0. The van der Waals surface area contributed by atoms with Crippen molar-refractivity contribution in [3.05, 3.63) is 153 Å². The smallest absolute Gasteiger partial charge is 0.353 e. The molecule has 5 aromatic rings. The van der Waals surface area contributed by atoms with Crippen LogP contribution in [0.1, 0.15) is 57.1 Å². The Kier molecular flexibility index (Phi) is 20.3. The molecule has 0 radical (unpaired) electrons. The SMILES string of the molecule is CC.CC.CCN(C)C.Cn1c(Cl)c(C2=CC=C(Cl)C=CC2)c(-c2cccc(N3CCN(c4ccc(NS(=O)(=O)c5ccc(NSc6ccccc6)c([N+](=O)[O-])c5)cc4)CC3)c2)c1C(=O)O. The number of nitrogens with zero attached hydrogens (tertiary/aromatic N) is 5. The number of aromatic nitrogens is 1. The Balaban J connectivity index is 0.000000979. The molecule has 1 aromatic heterocycles. The summed E-state index contributed by atoms with van der Waals surface area (Å²) in [4.78, 5) is 31.0. The van der Waals surface area contributed by atoms with Crippen LogP contribution in [-0.2, 0) is 17.1 Å². The third-order valence-corrected chi connectivity index (χ3v) is 13.2. The molecular weight excluding hydrogens is 918 g/mol. The summed E-state index contributed by atoms with van der Waals surface area (Å²) < 4.78 is 33.6. The van der Waals surface area contributed by atoms with Crippen molar-refractivity contribution in [3.63, 3.8) is 0 Å². The van der Waals surface area contributed by atoms with Gasteiger partial charge in [0, 0.05) is 77.4 Å². The fourth-order valence-electron chi connectivity index (χ4n) is 6.82. The zero-order valence-electron chi connectivity index (χ0n) is 38.6. The number of carbonyl (C=O) groups is 1. The average Bonchev–Trinajstić information content (AvgIpc) is 3.43. The number of nitro groups is 1. The fourth-order valence-corrected chi connectivity index (χ4v) is 9.05. The number of benzene rings is 4. The largest absolute Gasteiger partial charge is 0.477 e. The number of carboxylic acids is 1. The molecule has 1 aliphatic heterocycles. The number of piperazine rings is 1. The van der Waals surface area contributed by atoms with Gasteiger partial charge in [0.2, 0.25) is 0 Å². The van der Waals surface area contributed by atoms with Gasteiger partial charge in [0.25, 0.3) is 15.7 Å². The van der Waals surface area contributed by atoms with Crippen LogP contribution in [-0.4, -0.2) is 80.7 Å². The normalized spacial score (nSPS) is 13.4. The molecule has 352 valence electrons. The second-order valence-electron chi connectivity index (χ2n) is 14.6. The van der Waals surface area contributed by atoms with E-state index in [9.17, 15) is 28.4 Å². The van der Waals surface area contributed by atoms with Gasteiger partial charge in [0.05, 0.1) is 9.82 Å². The van der Waals surface area contributed by atoms with Crippen LogP contribution in [0.4, 0.5) is 28.4 Å². The first-order valence-corrected chi connectivity index (χ1v) is 24.7. The summed E-state index contributed by atoms with van der Waals surface area (Å²) in [7, 11) is 1.62. The van der Waals surface area contributed by atoms with Crippen LogP contribution >= 0.6 is 35.1 Å². The van der Waals surface area contributed by atoms with Crippen molar-refractivity contribution in [1.82, 2.24) is 9.47 Å². The van der Waals surface area contributed by atoms with Gasteiger partial charge in [0.1, 0.15) is 16.5 Å². The van der Waals surface area contributed by atoms with Gasteiger partial charge in [0.15, 0.2) is 0 Å². The van der Waals surface area contributed by atoms with Gasteiger partial charge >= 0.3 is 5.97 Å². The summed E-state index contributed by atoms with van der Waals surface area (Å²) in [6, 6.07) is 27.8. The van der Waals surface area contributed by atoms with E-state index in [0.29, 0.717) is 59.6 Å². The lowest BCUT2D eigenvalue weighted by Crippen LogP contribution is -2.46. The molecule has 0 atom stereocenters. The summed E-state index contributed by atoms with van der Waals surface area (Å²) in [6.07, 6.45) is 7.91. The highest BCUT2D eigenvalue weighted by Crippen LogP contribution is 2.42. The molecule has 66 heavy (non-hydrogen) atoms. The molecule has 0 bridgehead atoms. The van der Waals surface area contributed by atoms with Crippen LogP contribution in [0.2, 0.25) is 5.15 Å². The Hall–Kier alpha value is -5.71. The highest BCUT2D eigenvalue weighted by molar-refractivity contribution is 8.00. The molecule has 1 saturated heterocycles. The van der Waals surface area contributed by atoms with E-state index in [2.05, 4.69) is 45.2 Å². The minimum absolute atomic E-state index is 0.0946. The standard InChI is InChI=1S/C41H36Cl2N6O6S2.C4H11N.2C2H6/c1-46-39(41(50)51)37(38(40(46)43)27-7-5-9-29(42)14-13-27)28-8-6-10-32(25-28)48-23-21-47(22-24-48)31-17-15-30(16-18-31)45-57(54,55)34-19-20-35(36(26-34)49(52)53)44-56-33-11-3-2-4-12-33;1-4-5(2)3;2*1-2/h2-6,8-20,25-26,44-45H,7,21-24H2,1H3,(H,50,51);4H2,1-3H3;2*1-2H3. The van der Waals surface area contributed by atoms with Gasteiger partial charge in [-0.05, 0) is 123 Å². The number of sulfonamides is 1. The topological polar surface area (TPSA) is 153 Å². The van der Waals surface area contributed by atoms with Crippen LogP contribution in [0, 0.1) is 10.1 Å². The number of rotatable bonds is 13. The molecule has 0 saturated carbocycles. The number of halogens is 2. The van der Waals surface area contributed by atoms with Crippen molar-refractivity contribution in [2.45, 2.75) is 50.8 Å². The van der Waals surface area contributed by atoms with E-state index in [-0.39, 0.29) is 22.0 Å². The van der Waals surface area contributed by atoms with Crippen LogP contribution in [0.25, 0.3) is 16.7 Å². The summed E-state index contributed by atoms with van der Waals surface area (Å²) >= 11 is 14.3. The van der Waals surface area contributed by atoms with E-state index in [1.165, 1.54) is 28.6 Å².